The molecule has 1 aliphatic rings. The van der Waals surface area contributed by atoms with Crippen molar-refractivity contribution in [1.29, 1.82) is 0 Å². The highest BCUT2D eigenvalue weighted by atomic mass is 32.2. The van der Waals surface area contributed by atoms with Crippen molar-refractivity contribution in [2.24, 2.45) is 0 Å². The summed E-state index contributed by atoms with van der Waals surface area (Å²) in [5, 5.41) is 0. The Balaban J connectivity index is 2.15. The highest BCUT2D eigenvalue weighted by Crippen LogP contribution is 2.20. The Kier molecular flexibility index (Phi) is 4.85. The van der Waals surface area contributed by atoms with Gasteiger partial charge in [-0.25, -0.2) is 4.79 Å². The smallest absolute Gasteiger partial charge is 0.329 e. The van der Waals surface area contributed by atoms with Crippen molar-refractivity contribution in [2.45, 2.75) is 13.0 Å². The SMILES string of the molecule is CCOC(=O)C1CSCCN1C(=O)c1ccccc1. The number of ether oxygens (including phenoxy) is 1. The molecule has 1 amide bonds. The Hall–Kier alpha value is -1.49. The molecular weight excluding hydrogens is 262 g/mol. The van der Waals surface area contributed by atoms with Gasteiger partial charge in [-0.15, -0.1) is 0 Å². The van der Waals surface area contributed by atoms with Crippen LogP contribution in [0.3, 0.4) is 0 Å². The van der Waals surface area contributed by atoms with Gasteiger partial charge in [0.05, 0.1) is 6.61 Å². The van der Waals surface area contributed by atoms with Crippen molar-refractivity contribution < 1.29 is 14.3 Å². The summed E-state index contributed by atoms with van der Waals surface area (Å²) in [5.74, 6) is 1.06. The number of esters is 1. The molecule has 102 valence electrons. The predicted molar refractivity (Wildman–Crippen MR) is 75.2 cm³/mol. The van der Waals surface area contributed by atoms with Gasteiger partial charge in [0.1, 0.15) is 6.04 Å². The second-order valence-corrected chi connectivity index (χ2v) is 5.36. The highest BCUT2D eigenvalue weighted by Gasteiger charge is 2.33. The molecule has 1 saturated heterocycles. The normalized spacial score (nSPS) is 19.0. The Labute approximate surface area is 117 Å². The lowest BCUT2D eigenvalue weighted by molar-refractivity contribution is -0.147. The van der Waals surface area contributed by atoms with E-state index < -0.39 is 6.04 Å². The minimum atomic E-state index is -0.466. The van der Waals surface area contributed by atoms with Crippen LogP contribution in [-0.2, 0) is 9.53 Å². The number of carbonyl (C=O) groups is 2. The van der Waals surface area contributed by atoms with E-state index in [1.807, 2.05) is 18.2 Å². The van der Waals surface area contributed by atoms with Crippen molar-refractivity contribution in [2.75, 3.05) is 24.7 Å². The number of amides is 1. The maximum atomic E-state index is 12.4. The summed E-state index contributed by atoms with van der Waals surface area (Å²) in [6, 6.07) is 8.59. The Morgan fingerprint density at radius 3 is 2.79 bits per heavy atom. The van der Waals surface area contributed by atoms with Crippen molar-refractivity contribution in [3.05, 3.63) is 35.9 Å². The van der Waals surface area contributed by atoms with E-state index in [-0.39, 0.29) is 11.9 Å². The summed E-state index contributed by atoms with van der Waals surface area (Å²) >= 11 is 1.68. The second kappa shape index (κ2) is 6.61. The molecule has 1 heterocycles. The number of benzene rings is 1. The molecule has 0 aromatic heterocycles. The standard InChI is InChI=1S/C14H17NO3S/c1-2-18-14(17)12-10-19-9-8-15(12)13(16)11-6-4-3-5-7-11/h3-7,12H,2,8-10H2,1H3. The third-order valence-corrected chi connectivity index (χ3v) is 3.99. The number of thioether (sulfide) groups is 1. The molecule has 1 fully saturated rings. The predicted octanol–water partition coefficient (Wildman–Crippen LogP) is 1.81. The van der Waals surface area contributed by atoms with Gasteiger partial charge in [-0.05, 0) is 19.1 Å². The third-order valence-electron chi connectivity index (χ3n) is 2.97. The molecule has 4 nitrogen and oxygen atoms in total. The summed E-state index contributed by atoms with van der Waals surface area (Å²) in [6.45, 7) is 2.70. The minimum Gasteiger partial charge on any atom is -0.464 e. The molecule has 1 aromatic carbocycles. The van der Waals surface area contributed by atoms with E-state index in [9.17, 15) is 9.59 Å². The molecule has 1 aliphatic heterocycles. The first-order valence-electron chi connectivity index (χ1n) is 6.34. The van der Waals surface area contributed by atoms with Crippen LogP contribution in [0.1, 0.15) is 17.3 Å². The van der Waals surface area contributed by atoms with E-state index in [2.05, 4.69) is 0 Å². The van der Waals surface area contributed by atoms with Gasteiger partial charge in [-0.3, -0.25) is 4.79 Å². The van der Waals surface area contributed by atoms with Crippen LogP contribution in [0.5, 0.6) is 0 Å². The monoisotopic (exact) mass is 279 g/mol. The van der Waals surface area contributed by atoms with Gasteiger partial charge < -0.3 is 9.64 Å². The summed E-state index contributed by atoms with van der Waals surface area (Å²) in [7, 11) is 0. The molecule has 1 unspecified atom stereocenters. The molecule has 0 saturated carbocycles. The van der Waals surface area contributed by atoms with Gasteiger partial charge in [0.2, 0.25) is 0 Å². The van der Waals surface area contributed by atoms with Crippen LogP contribution < -0.4 is 0 Å². The van der Waals surface area contributed by atoms with E-state index in [1.165, 1.54) is 0 Å². The lowest BCUT2D eigenvalue weighted by atomic mass is 10.1. The van der Waals surface area contributed by atoms with Crippen molar-refractivity contribution in [1.82, 2.24) is 4.90 Å². The second-order valence-electron chi connectivity index (χ2n) is 4.21. The summed E-state index contributed by atoms with van der Waals surface area (Å²) in [4.78, 5) is 26.0. The van der Waals surface area contributed by atoms with Crippen LogP contribution in [0.15, 0.2) is 30.3 Å². The number of nitrogens with zero attached hydrogens (tertiary/aromatic N) is 1. The number of carbonyl (C=O) groups excluding carboxylic acids is 2. The Bertz CT molecular complexity index is 449. The summed E-state index contributed by atoms with van der Waals surface area (Å²) in [6.07, 6.45) is 0. The highest BCUT2D eigenvalue weighted by molar-refractivity contribution is 7.99. The number of hydrogen-bond acceptors (Lipinski definition) is 4. The number of rotatable bonds is 3. The van der Waals surface area contributed by atoms with Crippen LogP contribution in [0.2, 0.25) is 0 Å². The van der Waals surface area contributed by atoms with E-state index in [4.69, 9.17) is 4.74 Å². The first-order chi connectivity index (χ1) is 9.24. The van der Waals surface area contributed by atoms with Crippen LogP contribution in [-0.4, -0.2) is 47.5 Å². The molecule has 0 radical (unpaired) electrons. The molecule has 0 aliphatic carbocycles. The van der Waals surface area contributed by atoms with E-state index in [1.54, 1.807) is 35.7 Å². The molecular formula is C14H17NO3S. The molecule has 5 heteroatoms. The van der Waals surface area contributed by atoms with Gasteiger partial charge in [0.15, 0.2) is 0 Å². The van der Waals surface area contributed by atoms with Gasteiger partial charge in [-0.1, -0.05) is 18.2 Å². The Morgan fingerprint density at radius 1 is 1.37 bits per heavy atom. The summed E-state index contributed by atoms with van der Waals surface area (Å²) < 4.78 is 5.05. The topological polar surface area (TPSA) is 46.6 Å². The van der Waals surface area contributed by atoms with Crippen LogP contribution >= 0.6 is 11.8 Å². The fraction of sp³-hybridized carbons (Fsp3) is 0.429. The molecule has 1 aromatic rings. The van der Waals surface area contributed by atoms with Gasteiger partial charge >= 0.3 is 5.97 Å². The molecule has 0 N–H and O–H groups in total. The van der Waals surface area contributed by atoms with E-state index >= 15 is 0 Å². The lowest BCUT2D eigenvalue weighted by Gasteiger charge is -2.33. The zero-order valence-corrected chi connectivity index (χ0v) is 11.7. The zero-order chi connectivity index (χ0) is 13.7. The maximum absolute atomic E-state index is 12.4. The molecule has 0 spiro atoms. The average molecular weight is 279 g/mol. The third kappa shape index (κ3) is 3.29. The number of hydrogen-bond donors (Lipinski definition) is 0. The van der Waals surface area contributed by atoms with Crippen molar-refractivity contribution >= 4 is 23.6 Å². The van der Waals surface area contributed by atoms with Crippen LogP contribution in [0.25, 0.3) is 0 Å². The average Bonchev–Trinajstić information content (AvgIpc) is 2.47. The minimum absolute atomic E-state index is 0.0982. The molecule has 2 rings (SSSR count). The quantitative estimate of drug-likeness (QED) is 0.792. The van der Waals surface area contributed by atoms with E-state index in [0.29, 0.717) is 24.5 Å². The lowest BCUT2D eigenvalue weighted by Crippen LogP contribution is -2.50. The zero-order valence-electron chi connectivity index (χ0n) is 10.9. The summed E-state index contributed by atoms with van der Waals surface area (Å²) in [5.41, 5.74) is 0.615. The largest absolute Gasteiger partial charge is 0.464 e. The van der Waals surface area contributed by atoms with Gasteiger partial charge in [0, 0.05) is 23.6 Å². The fourth-order valence-corrected chi connectivity index (χ4v) is 3.06. The molecule has 1 atom stereocenters. The van der Waals surface area contributed by atoms with Gasteiger partial charge in [-0.2, -0.15) is 11.8 Å². The molecule has 0 bridgehead atoms. The van der Waals surface area contributed by atoms with Gasteiger partial charge in [0.25, 0.3) is 5.91 Å². The maximum Gasteiger partial charge on any atom is 0.329 e. The van der Waals surface area contributed by atoms with Crippen LogP contribution in [0.4, 0.5) is 0 Å². The first kappa shape index (κ1) is 13.9. The van der Waals surface area contributed by atoms with Crippen molar-refractivity contribution in [3.8, 4) is 0 Å². The first-order valence-corrected chi connectivity index (χ1v) is 7.50. The van der Waals surface area contributed by atoms with Crippen LogP contribution in [0, 0.1) is 0 Å². The fourth-order valence-electron chi connectivity index (χ4n) is 2.03. The molecule has 19 heavy (non-hydrogen) atoms. The van der Waals surface area contributed by atoms with Crippen molar-refractivity contribution in [3.63, 3.8) is 0 Å². The Morgan fingerprint density at radius 2 is 2.11 bits per heavy atom. The van der Waals surface area contributed by atoms with E-state index in [0.717, 1.165) is 5.75 Å².